The van der Waals surface area contributed by atoms with Gasteiger partial charge in [0.2, 0.25) is 6.04 Å². The molecule has 3 nitrogen and oxygen atoms in total. The predicted octanol–water partition coefficient (Wildman–Crippen LogP) is 3.27. The second kappa shape index (κ2) is 6.75. The molecule has 0 amide bonds. The van der Waals surface area contributed by atoms with Crippen molar-refractivity contribution in [1.82, 2.24) is 5.32 Å². The van der Waals surface area contributed by atoms with Crippen LogP contribution in [0.2, 0.25) is 0 Å². The zero-order valence-electron chi connectivity index (χ0n) is 11.9. The molecule has 2 heterocycles. The zero-order chi connectivity index (χ0) is 16.4. The smallest absolute Gasteiger partial charge is 0.219 e. The summed E-state index contributed by atoms with van der Waals surface area (Å²) in [7, 11) is 0. The van der Waals surface area contributed by atoms with Crippen molar-refractivity contribution < 1.29 is 4.57 Å². The Morgan fingerprint density at radius 2 is 1.83 bits per heavy atom. The fourth-order valence-electron chi connectivity index (χ4n) is 2.75. The number of allylic oxidation sites excluding steroid dienone is 1. The summed E-state index contributed by atoms with van der Waals surface area (Å²) in [6.07, 6.45) is 3.90. The first kappa shape index (κ1) is 16.1. The molecule has 6 heteroatoms. The third-order valence-electron chi connectivity index (χ3n) is 3.79. The Hall–Kier alpha value is -1.81. The number of pyridine rings is 1. The first-order valence-corrected chi connectivity index (χ1v) is 8.56. The molecule has 0 spiro atoms. The Morgan fingerprint density at radius 3 is 2.43 bits per heavy atom. The van der Waals surface area contributed by atoms with E-state index in [0.717, 1.165) is 10.0 Å². The molecule has 0 unspecified atom stereocenters. The van der Waals surface area contributed by atoms with E-state index in [0.29, 0.717) is 15.6 Å². The summed E-state index contributed by atoms with van der Waals surface area (Å²) in [5.41, 5.74) is 1.55. The third-order valence-corrected chi connectivity index (χ3v) is 4.98. The van der Waals surface area contributed by atoms with Crippen LogP contribution in [-0.2, 0) is 12.6 Å². The summed E-state index contributed by atoms with van der Waals surface area (Å²) in [5.74, 6) is -0.207. The lowest BCUT2D eigenvalue weighted by molar-refractivity contribution is -0.708. The van der Waals surface area contributed by atoms with Gasteiger partial charge in [-0.1, -0.05) is 51.4 Å². The molecule has 1 aromatic heterocycles. The maximum Gasteiger partial charge on any atom is 0.219 e. The number of nitrogens with one attached hydrogen (secondary N) is 1. The number of hydrogen-bond acceptors (Lipinski definition) is 3. The number of rotatable bonds is 2. The Labute approximate surface area is 154 Å². The molecule has 1 aromatic carbocycles. The average Bonchev–Trinajstić information content (AvgIpc) is 2.56. The van der Waals surface area contributed by atoms with Gasteiger partial charge in [-0.15, -0.1) is 0 Å². The van der Waals surface area contributed by atoms with Crippen molar-refractivity contribution in [3.63, 3.8) is 0 Å². The van der Waals surface area contributed by atoms with Gasteiger partial charge in [0.05, 0.1) is 12.0 Å². The van der Waals surface area contributed by atoms with Gasteiger partial charge in [-0.05, 0) is 17.7 Å². The molecule has 3 rings (SSSR count). The molecule has 1 N–H and O–H groups in total. The molecule has 0 aliphatic carbocycles. The van der Waals surface area contributed by atoms with E-state index >= 15 is 0 Å². The standard InChI is InChI=1S/C17H12BrN3S2/c18-12-6-4-11(5-7-12)14-13(10-19)16(22)20-17(23)15(14)21-8-2-1-3-9-21/h1-9,14-15H,(H-,20,22,23)/t14-,15+/m0/s1. The van der Waals surface area contributed by atoms with Crippen LogP contribution < -0.4 is 9.88 Å². The van der Waals surface area contributed by atoms with Gasteiger partial charge < -0.3 is 17.9 Å². The SMILES string of the molecule is N#CC1=C([S-])NC(=S)[C@H]([n+]2ccccc2)[C@H]1c1ccc(Br)cc1. The molecule has 0 bridgehead atoms. The van der Waals surface area contributed by atoms with Crippen molar-refractivity contribution in [2.24, 2.45) is 0 Å². The van der Waals surface area contributed by atoms with E-state index in [1.165, 1.54) is 0 Å². The van der Waals surface area contributed by atoms with Crippen LogP contribution in [0, 0.1) is 11.3 Å². The highest BCUT2D eigenvalue weighted by molar-refractivity contribution is 9.10. The fraction of sp³-hybridized carbons (Fsp3) is 0.118. The first-order valence-electron chi connectivity index (χ1n) is 6.95. The number of thiocarbonyl (C=S) groups is 1. The van der Waals surface area contributed by atoms with Gasteiger partial charge in [-0.3, -0.25) is 0 Å². The minimum atomic E-state index is -0.207. The van der Waals surface area contributed by atoms with Crippen LogP contribution >= 0.6 is 28.1 Å². The maximum absolute atomic E-state index is 9.62. The van der Waals surface area contributed by atoms with Gasteiger partial charge in [0.25, 0.3) is 0 Å². The zero-order valence-corrected chi connectivity index (χ0v) is 15.2. The number of nitrogens with zero attached hydrogens (tertiary/aromatic N) is 2. The van der Waals surface area contributed by atoms with E-state index in [-0.39, 0.29) is 12.0 Å². The molecule has 0 fully saturated rings. The molecule has 2 aromatic rings. The van der Waals surface area contributed by atoms with Crippen molar-refractivity contribution in [2.75, 3.05) is 0 Å². The molecule has 0 saturated heterocycles. The second-order valence-electron chi connectivity index (χ2n) is 5.14. The van der Waals surface area contributed by atoms with Crippen molar-refractivity contribution in [2.45, 2.75) is 12.0 Å². The van der Waals surface area contributed by atoms with Crippen LogP contribution in [0.4, 0.5) is 0 Å². The van der Waals surface area contributed by atoms with Gasteiger partial charge in [0, 0.05) is 22.2 Å². The van der Waals surface area contributed by atoms with Gasteiger partial charge in [-0.25, -0.2) is 0 Å². The van der Waals surface area contributed by atoms with E-state index in [9.17, 15) is 5.26 Å². The Bertz CT molecular complexity index is 810. The fourth-order valence-corrected chi connectivity index (χ4v) is 3.72. The van der Waals surface area contributed by atoms with Crippen molar-refractivity contribution in [3.05, 3.63) is 75.5 Å². The van der Waals surface area contributed by atoms with E-state index < -0.39 is 0 Å². The van der Waals surface area contributed by atoms with Gasteiger partial charge in [0.1, 0.15) is 4.99 Å². The molecule has 0 saturated carbocycles. The van der Waals surface area contributed by atoms with Crippen LogP contribution in [0.15, 0.2) is 69.9 Å². The minimum absolute atomic E-state index is 0.186. The van der Waals surface area contributed by atoms with Crippen molar-refractivity contribution in [3.8, 4) is 6.07 Å². The van der Waals surface area contributed by atoms with Crippen LogP contribution in [0.5, 0.6) is 0 Å². The number of hydrogen-bond donors (Lipinski definition) is 1. The number of nitriles is 1. The summed E-state index contributed by atoms with van der Waals surface area (Å²) < 4.78 is 3.00. The molecule has 1 aliphatic heterocycles. The average molecular weight is 402 g/mol. The summed E-state index contributed by atoms with van der Waals surface area (Å²) in [6, 6.07) is 15.8. The largest absolute Gasteiger partial charge is 0.761 e. The van der Waals surface area contributed by atoms with Gasteiger partial charge in [-0.2, -0.15) is 9.83 Å². The summed E-state index contributed by atoms with van der Waals surface area (Å²) >= 11 is 14.3. The van der Waals surface area contributed by atoms with Crippen molar-refractivity contribution in [1.29, 1.82) is 5.26 Å². The quantitative estimate of drug-likeness (QED) is 0.476. The van der Waals surface area contributed by atoms with E-state index in [1.54, 1.807) is 0 Å². The van der Waals surface area contributed by atoms with Crippen molar-refractivity contribution >= 4 is 45.8 Å². The van der Waals surface area contributed by atoms with Gasteiger partial charge in [0.15, 0.2) is 12.4 Å². The van der Waals surface area contributed by atoms with Crippen LogP contribution in [0.3, 0.4) is 0 Å². The number of benzene rings is 1. The van der Waals surface area contributed by atoms with Crippen LogP contribution in [-0.4, -0.2) is 4.99 Å². The first-order chi connectivity index (χ1) is 11.1. The number of aromatic nitrogens is 1. The lowest BCUT2D eigenvalue weighted by Crippen LogP contribution is -2.52. The van der Waals surface area contributed by atoms with Gasteiger partial charge >= 0.3 is 0 Å². The second-order valence-corrected chi connectivity index (χ2v) is 6.90. The maximum atomic E-state index is 9.62. The summed E-state index contributed by atoms with van der Waals surface area (Å²) in [5, 5.41) is 13.1. The Kier molecular flexibility index (Phi) is 4.71. The molecule has 23 heavy (non-hydrogen) atoms. The topological polar surface area (TPSA) is 39.7 Å². The Balaban J connectivity index is 2.18. The molecular weight excluding hydrogens is 390 g/mol. The highest BCUT2D eigenvalue weighted by atomic mass is 79.9. The molecular formula is C17H12BrN3S2. The van der Waals surface area contributed by atoms with E-state index in [1.807, 2.05) is 59.4 Å². The van der Waals surface area contributed by atoms with Crippen LogP contribution in [0.1, 0.15) is 17.5 Å². The minimum Gasteiger partial charge on any atom is -0.761 e. The normalized spacial score (nSPS) is 20.8. The Morgan fingerprint density at radius 1 is 1.17 bits per heavy atom. The molecule has 114 valence electrons. The molecule has 2 atom stereocenters. The molecule has 0 radical (unpaired) electrons. The van der Waals surface area contributed by atoms with E-state index in [4.69, 9.17) is 24.8 Å². The number of halogens is 1. The monoisotopic (exact) mass is 401 g/mol. The van der Waals surface area contributed by atoms with E-state index in [2.05, 4.69) is 27.3 Å². The van der Waals surface area contributed by atoms with Crippen LogP contribution in [0.25, 0.3) is 0 Å². The summed E-state index contributed by atoms with van der Waals surface area (Å²) in [6.45, 7) is 0. The highest BCUT2D eigenvalue weighted by Gasteiger charge is 2.40. The summed E-state index contributed by atoms with van der Waals surface area (Å²) in [4.78, 5) is 0.623. The third kappa shape index (κ3) is 3.13. The highest BCUT2D eigenvalue weighted by Crippen LogP contribution is 2.37. The lowest BCUT2D eigenvalue weighted by Gasteiger charge is -2.34. The molecule has 1 aliphatic rings. The predicted molar refractivity (Wildman–Crippen MR) is 98.3 cm³/mol. The lowest BCUT2D eigenvalue weighted by atomic mass is 9.83.